The van der Waals surface area contributed by atoms with Gasteiger partial charge in [-0.2, -0.15) is 0 Å². The van der Waals surface area contributed by atoms with E-state index < -0.39 is 0 Å². The van der Waals surface area contributed by atoms with E-state index in [1.807, 2.05) is 38.2 Å². The maximum Gasteiger partial charge on any atom is 0.145 e. The molecule has 108 valence electrons. The molecule has 0 fully saturated rings. The zero-order valence-electron chi connectivity index (χ0n) is 12.3. The molecule has 0 radical (unpaired) electrons. The standard InChI is InChI=1S/C16H17N3OS/c1-4-20-14-8-6-5-7-13(14)19(3)15-12-9-11(2)21-16(12)18-10-17-15/h5-10H,4H2,1-3H3. The van der Waals surface area contributed by atoms with Crippen LogP contribution in [-0.2, 0) is 0 Å². The summed E-state index contributed by atoms with van der Waals surface area (Å²) in [5, 5.41) is 1.08. The zero-order chi connectivity index (χ0) is 14.8. The van der Waals surface area contributed by atoms with E-state index in [1.165, 1.54) is 4.88 Å². The van der Waals surface area contributed by atoms with Crippen molar-refractivity contribution in [1.29, 1.82) is 0 Å². The SMILES string of the molecule is CCOc1ccccc1N(C)c1ncnc2sc(C)cc12. The molecule has 0 N–H and O–H groups in total. The lowest BCUT2D eigenvalue weighted by molar-refractivity contribution is 0.341. The van der Waals surface area contributed by atoms with Gasteiger partial charge in [-0.15, -0.1) is 11.3 Å². The molecule has 0 amide bonds. The second kappa shape index (κ2) is 5.69. The molecule has 0 aliphatic carbocycles. The first-order chi connectivity index (χ1) is 10.2. The summed E-state index contributed by atoms with van der Waals surface area (Å²) < 4.78 is 5.71. The quantitative estimate of drug-likeness (QED) is 0.725. The van der Waals surface area contributed by atoms with E-state index in [2.05, 4.69) is 27.9 Å². The van der Waals surface area contributed by atoms with E-state index in [9.17, 15) is 0 Å². The fourth-order valence-electron chi connectivity index (χ4n) is 2.36. The van der Waals surface area contributed by atoms with Crippen LogP contribution in [0.25, 0.3) is 10.2 Å². The Morgan fingerprint density at radius 3 is 2.86 bits per heavy atom. The molecule has 0 bridgehead atoms. The largest absolute Gasteiger partial charge is 0.492 e. The number of aromatic nitrogens is 2. The minimum absolute atomic E-state index is 0.640. The number of para-hydroxylation sites is 2. The van der Waals surface area contributed by atoms with E-state index >= 15 is 0 Å². The number of aryl methyl sites for hydroxylation is 1. The first-order valence-corrected chi connectivity index (χ1v) is 7.69. The molecule has 0 atom stereocenters. The number of hydrogen-bond acceptors (Lipinski definition) is 5. The molecule has 0 spiro atoms. The Kier molecular flexibility index (Phi) is 3.75. The van der Waals surface area contributed by atoms with Crippen molar-refractivity contribution in [3.05, 3.63) is 41.5 Å². The Morgan fingerprint density at radius 1 is 1.24 bits per heavy atom. The molecule has 4 nitrogen and oxygen atoms in total. The van der Waals surface area contributed by atoms with Gasteiger partial charge in [0.05, 0.1) is 17.7 Å². The van der Waals surface area contributed by atoms with Crippen LogP contribution >= 0.6 is 11.3 Å². The summed E-state index contributed by atoms with van der Waals surface area (Å²) in [4.78, 5) is 13.1. The van der Waals surface area contributed by atoms with E-state index in [1.54, 1.807) is 17.7 Å². The highest BCUT2D eigenvalue weighted by atomic mass is 32.1. The Bertz CT molecular complexity index is 769. The van der Waals surface area contributed by atoms with Crippen molar-refractivity contribution >= 4 is 33.1 Å². The van der Waals surface area contributed by atoms with Gasteiger partial charge in [0.25, 0.3) is 0 Å². The number of thiophene rings is 1. The van der Waals surface area contributed by atoms with Crippen LogP contribution in [0.3, 0.4) is 0 Å². The van der Waals surface area contributed by atoms with Crippen LogP contribution < -0.4 is 9.64 Å². The number of benzene rings is 1. The van der Waals surface area contributed by atoms with Crippen LogP contribution in [0.2, 0.25) is 0 Å². The third kappa shape index (κ3) is 2.56. The van der Waals surface area contributed by atoms with Crippen LogP contribution in [0.15, 0.2) is 36.7 Å². The first-order valence-electron chi connectivity index (χ1n) is 6.87. The highest BCUT2D eigenvalue weighted by Gasteiger charge is 2.15. The lowest BCUT2D eigenvalue weighted by Crippen LogP contribution is -2.13. The van der Waals surface area contributed by atoms with Crippen molar-refractivity contribution in [2.75, 3.05) is 18.6 Å². The smallest absolute Gasteiger partial charge is 0.145 e. The minimum atomic E-state index is 0.640. The molecule has 3 aromatic rings. The average Bonchev–Trinajstić information content (AvgIpc) is 2.87. The maximum absolute atomic E-state index is 5.71. The molecule has 21 heavy (non-hydrogen) atoms. The van der Waals surface area contributed by atoms with Crippen molar-refractivity contribution in [1.82, 2.24) is 9.97 Å². The molecule has 0 unspecified atom stereocenters. The highest BCUT2D eigenvalue weighted by Crippen LogP contribution is 2.36. The third-order valence-electron chi connectivity index (χ3n) is 3.28. The van der Waals surface area contributed by atoms with E-state index in [4.69, 9.17) is 4.74 Å². The summed E-state index contributed by atoms with van der Waals surface area (Å²) in [6.45, 7) is 4.72. The van der Waals surface area contributed by atoms with Gasteiger partial charge in [-0.1, -0.05) is 12.1 Å². The van der Waals surface area contributed by atoms with Crippen molar-refractivity contribution in [2.24, 2.45) is 0 Å². The number of ether oxygens (including phenoxy) is 1. The highest BCUT2D eigenvalue weighted by molar-refractivity contribution is 7.18. The van der Waals surface area contributed by atoms with Gasteiger partial charge in [0.1, 0.15) is 22.7 Å². The molecular formula is C16H17N3OS. The normalized spacial score (nSPS) is 10.8. The third-order valence-corrected chi connectivity index (χ3v) is 4.23. The Hall–Kier alpha value is -2.14. The summed E-state index contributed by atoms with van der Waals surface area (Å²) in [5.41, 5.74) is 1.00. The fourth-order valence-corrected chi connectivity index (χ4v) is 3.20. The zero-order valence-corrected chi connectivity index (χ0v) is 13.1. The predicted molar refractivity (Wildman–Crippen MR) is 87.8 cm³/mol. The van der Waals surface area contributed by atoms with Crippen molar-refractivity contribution < 1.29 is 4.74 Å². The Morgan fingerprint density at radius 2 is 2.05 bits per heavy atom. The van der Waals surface area contributed by atoms with Crippen LogP contribution in [0, 0.1) is 6.92 Å². The lowest BCUT2D eigenvalue weighted by Gasteiger charge is -2.21. The van der Waals surface area contributed by atoms with Gasteiger partial charge >= 0.3 is 0 Å². The monoisotopic (exact) mass is 299 g/mol. The van der Waals surface area contributed by atoms with Gasteiger partial charge in [-0.3, -0.25) is 0 Å². The molecule has 5 heteroatoms. The second-order valence-corrected chi connectivity index (χ2v) is 5.97. The summed E-state index contributed by atoms with van der Waals surface area (Å²) in [5.74, 6) is 1.76. The van der Waals surface area contributed by atoms with E-state index in [-0.39, 0.29) is 0 Å². The van der Waals surface area contributed by atoms with Crippen molar-refractivity contribution in [3.63, 3.8) is 0 Å². The van der Waals surface area contributed by atoms with Crippen LogP contribution in [-0.4, -0.2) is 23.6 Å². The molecule has 0 aliphatic heterocycles. The van der Waals surface area contributed by atoms with Crippen LogP contribution in [0.5, 0.6) is 5.75 Å². The summed E-state index contributed by atoms with van der Waals surface area (Å²) in [6.07, 6.45) is 1.62. The summed E-state index contributed by atoms with van der Waals surface area (Å²) >= 11 is 1.68. The fraction of sp³-hybridized carbons (Fsp3) is 0.250. The van der Waals surface area contributed by atoms with Crippen LogP contribution in [0.1, 0.15) is 11.8 Å². The van der Waals surface area contributed by atoms with Gasteiger partial charge in [-0.05, 0) is 32.0 Å². The predicted octanol–water partition coefficient (Wildman–Crippen LogP) is 4.17. The lowest BCUT2D eigenvalue weighted by atomic mass is 10.2. The van der Waals surface area contributed by atoms with Crippen LogP contribution in [0.4, 0.5) is 11.5 Å². The Balaban J connectivity index is 2.10. The molecule has 0 saturated carbocycles. The molecule has 0 saturated heterocycles. The van der Waals surface area contributed by atoms with Crippen molar-refractivity contribution in [3.8, 4) is 5.75 Å². The van der Waals surface area contributed by atoms with Crippen molar-refractivity contribution in [2.45, 2.75) is 13.8 Å². The molecular weight excluding hydrogens is 282 g/mol. The van der Waals surface area contributed by atoms with Gasteiger partial charge in [-0.25, -0.2) is 9.97 Å². The molecule has 2 aromatic heterocycles. The summed E-state index contributed by atoms with van der Waals surface area (Å²) in [7, 11) is 2.01. The van der Waals surface area contributed by atoms with Gasteiger partial charge in [0, 0.05) is 11.9 Å². The minimum Gasteiger partial charge on any atom is -0.492 e. The second-order valence-electron chi connectivity index (χ2n) is 4.73. The number of rotatable bonds is 4. The molecule has 2 heterocycles. The van der Waals surface area contributed by atoms with Gasteiger partial charge in [0.2, 0.25) is 0 Å². The molecule has 0 aliphatic rings. The number of hydrogen-bond donors (Lipinski definition) is 0. The first kappa shape index (κ1) is 13.8. The number of fused-ring (bicyclic) bond motifs is 1. The Labute approximate surface area is 128 Å². The van der Waals surface area contributed by atoms with Gasteiger partial charge < -0.3 is 9.64 Å². The molecule has 1 aromatic carbocycles. The maximum atomic E-state index is 5.71. The topological polar surface area (TPSA) is 38.2 Å². The summed E-state index contributed by atoms with van der Waals surface area (Å²) in [6, 6.07) is 10.1. The molecule has 3 rings (SSSR count). The van der Waals surface area contributed by atoms with E-state index in [0.717, 1.165) is 27.5 Å². The average molecular weight is 299 g/mol. The number of anilines is 2. The number of nitrogens with zero attached hydrogens (tertiary/aromatic N) is 3. The van der Waals surface area contributed by atoms with E-state index in [0.29, 0.717) is 6.61 Å². The van der Waals surface area contributed by atoms with Gasteiger partial charge in [0.15, 0.2) is 0 Å².